The molecule has 0 heterocycles. The third-order valence-corrected chi connectivity index (χ3v) is 4.66. The van der Waals surface area contributed by atoms with E-state index >= 15 is 0 Å². The molecule has 3 N–H and O–H groups in total. The lowest BCUT2D eigenvalue weighted by Crippen LogP contribution is -2.43. The maximum atomic E-state index is 9.62. The Balaban J connectivity index is 2.11. The first-order valence-electron chi connectivity index (χ1n) is 5.98. The zero-order chi connectivity index (χ0) is 13.7. The predicted octanol–water partition coefficient (Wildman–Crippen LogP) is 3.39. The Hall–Kier alpha value is -0.810. The summed E-state index contributed by atoms with van der Waals surface area (Å²) in [6.07, 6.45) is 0. The minimum Gasteiger partial charge on any atom is -0.394 e. The van der Waals surface area contributed by atoms with Crippen molar-refractivity contribution in [3.8, 4) is 0 Å². The highest BCUT2D eigenvalue weighted by molar-refractivity contribution is 9.10. The Morgan fingerprint density at radius 2 is 1.84 bits per heavy atom. The van der Waals surface area contributed by atoms with Crippen molar-refractivity contribution in [1.29, 1.82) is 0 Å². The first-order valence-corrected chi connectivity index (χ1v) is 7.75. The maximum Gasteiger partial charge on any atom is 0.0739 e. The third-order valence-electron chi connectivity index (χ3n) is 2.92. The van der Waals surface area contributed by atoms with Crippen LogP contribution in [-0.2, 0) is 5.54 Å². The van der Waals surface area contributed by atoms with E-state index in [2.05, 4.69) is 15.9 Å². The molecule has 2 nitrogen and oxygen atoms in total. The van der Waals surface area contributed by atoms with Crippen molar-refractivity contribution in [3.63, 3.8) is 0 Å². The fourth-order valence-corrected chi connectivity index (χ4v) is 3.38. The van der Waals surface area contributed by atoms with Crippen LogP contribution in [0.1, 0.15) is 5.56 Å². The van der Waals surface area contributed by atoms with Gasteiger partial charge in [0.05, 0.1) is 12.1 Å². The molecule has 0 radical (unpaired) electrons. The fraction of sp³-hybridized carbons (Fsp3) is 0.200. The lowest BCUT2D eigenvalue weighted by atomic mass is 9.94. The van der Waals surface area contributed by atoms with E-state index in [9.17, 15) is 5.11 Å². The van der Waals surface area contributed by atoms with Crippen LogP contribution in [-0.4, -0.2) is 17.5 Å². The van der Waals surface area contributed by atoms with Gasteiger partial charge in [0.15, 0.2) is 0 Å². The van der Waals surface area contributed by atoms with Gasteiger partial charge in [-0.15, -0.1) is 11.8 Å². The second kappa shape index (κ2) is 6.57. The monoisotopic (exact) mass is 337 g/mol. The minimum absolute atomic E-state index is 0.0714. The van der Waals surface area contributed by atoms with Crippen molar-refractivity contribution in [1.82, 2.24) is 0 Å². The van der Waals surface area contributed by atoms with E-state index in [0.29, 0.717) is 5.75 Å². The average Bonchev–Trinajstić information content (AvgIpc) is 2.46. The first kappa shape index (κ1) is 14.6. The average molecular weight is 338 g/mol. The lowest BCUT2D eigenvalue weighted by Gasteiger charge is -2.27. The van der Waals surface area contributed by atoms with Gasteiger partial charge in [-0.3, -0.25) is 0 Å². The molecular formula is C15H16BrNOS. The highest BCUT2D eigenvalue weighted by Gasteiger charge is 2.26. The summed E-state index contributed by atoms with van der Waals surface area (Å²) in [7, 11) is 0. The molecule has 1 unspecified atom stereocenters. The molecule has 0 bridgehead atoms. The molecule has 0 aromatic heterocycles. The number of hydrogen-bond donors (Lipinski definition) is 2. The summed E-state index contributed by atoms with van der Waals surface area (Å²) in [5, 5.41) is 9.62. The molecule has 0 saturated heterocycles. The number of rotatable bonds is 5. The maximum absolute atomic E-state index is 9.62. The number of thioether (sulfide) groups is 1. The summed E-state index contributed by atoms with van der Waals surface area (Å²) in [4.78, 5) is 1.13. The van der Waals surface area contributed by atoms with Gasteiger partial charge in [-0.1, -0.05) is 52.3 Å². The van der Waals surface area contributed by atoms with Crippen molar-refractivity contribution in [2.45, 2.75) is 10.4 Å². The highest BCUT2D eigenvalue weighted by Crippen LogP contribution is 2.29. The van der Waals surface area contributed by atoms with Crippen molar-refractivity contribution in [2.24, 2.45) is 5.73 Å². The standard InChI is InChI=1S/C15H16BrNOS/c16-13-7-4-8-14(9-13)19-11-15(17,10-18)12-5-2-1-3-6-12/h1-9,18H,10-11,17H2. The molecule has 0 spiro atoms. The molecule has 0 aliphatic carbocycles. The summed E-state index contributed by atoms with van der Waals surface area (Å²) in [5.74, 6) is 0.629. The van der Waals surface area contributed by atoms with Crippen molar-refractivity contribution in [3.05, 3.63) is 64.6 Å². The second-order valence-corrected chi connectivity index (χ2v) is 6.39. The Morgan fingerprint density at radius 3 is 2.47 bits per heavy atom. The molecule has 0 aliphatic heterocycles. The van der Waals surface area contributed by atoms with Crippen LogP contribution in [0, 0.1) is 0 Å². The number of nitrogens with two attached hydrogens (primary N) is 1. The number of aliphatic hydroxyl groups excluding tert-OH is 1. The van der Waals surface area contributed by atoms with Gasteiger partial charge >= 0.3 is 0 Å². The molecule has 4 heteroatoms. The largest absolute Gasteiger partial charge is 0.394 e. The van der Waals surface area contributed by atoms with E-state index in [0.717, 1.165) is 14.9 Å². The fourth-order valence-electron chi connectivity index (χ4n) is 1.76. The molecular weight excluding hydrogens is 322 g/mol. The Kier molecular flexibility index (Phi) is 5.05. The van der Waals surface area contributed by atoms with E-state index < -0.39 is 5.54 Å². The van der Waals surface area contributed by atoms with Gasteiger partial charge in [0.2, 0.25) is 0 Å². The highest BCUT2D eigenvalue weighted by atomic mass is 79.9. The molecule has 100 valence electrons. The zero-order valence-corrected chi connectivity index (χ0v) is 12.8. The summed E-state index contributed by atoms with van der Waals surface area (Å²) in [6.45, 7) is -0.0714. The molecule has 0 aliphatic rings. The SMILES string of the molecule is NC(CO)(CSc1cccc(Br)c1)c1ccccc1. The van der Waals surface area contributed by atoms with Crippen LogP contribution < -0.4 is 5.73 Å². The smallest absolute Gasteiger partial charge is 0.0739 e. The van der Waals surface area contributed by atoms with Crippen LogP contribution >= 0.6 is 27.7 Å². The Labute approximate surface area is 126 Å². The first-order chi connectivity index (χ1) is 9.14. The normalized spacial score (nSPS) is 14.1. The second-order valence-electron chi connectivity index (χ2n) is 4.43. The van der Waals surface area contributed by atoms with Crippen LogP contribution in [0.5, 0.6) is 0 Å². The van der Waals surface area contributed by atoms with Crippen LogP contribution in [0.15, 0.2) is 64.0 Å². The molecule has 0 amide bonds. The minimum atomic E-state index is -0.714. The molecule has 0 fully saturated rings. The number of aliphatic hydroxyl groups is 1. The molecule has 2 aromatic carbocycles. The number of hydrogen-bond acceptors (Lipinski definition) is 3. The molecule has 1 atom stereocenters. The van der Waals surface area contributed by atoms with Crippen LogP contribution in [0.25, 0.3) is 0 Å². The molecule has 0 saturated carbocycles. The number of benzene rings is 2. The topological polar surface area (TPSA) is 46.2 Å². The van der Waals surface area contributed by atoms with E-state index in [-0.39, 0.29) is 6.61 Å². The third kappa shape index (κ3) is 3.83. The lowest BCUT2D eigenvalue weighted by molar-refractivity contribution is 0.213. The van der Waals surface area contributed by atoms with Gasteiger partial charge in [0.25, 0.3) is 0 Å². The molecule has 2 aromatic rings. The van der Waals surface area contributed by atoms with Gasteiger partial charge < -0.3 is 10.8 Å². The Morgan fingerprint density at radius 1 is 1.11 bits per heavy atom. The summed E-state index contributed by atoms with van der Waals surface area (Å²) in [6, 6.07) is 17.8. The van der Waals surface area contributed by atoms with Crippen molar-refractivity contribution < 1.29 is 5.11 Å². The summed E-state index contributed by atoms with van der Waals surface area (Å²) >= 11 is 5.10. The zero-order valence-electron chi connectivity index (χ0n) is 10.4. The van der Waals surface area contributed by atoms with Crippen LogP contribution in [0.4, 0.5) is 0 Å². The van der Waals surface area contributed by atoms with Crippen LogP contribution in [0.3, 0.4) is 0 Å². The molecule has 2 rings (SSSR count). The van der Waals surface area contributed by atoms with Crippen molar-refractivity contribution >= 4 is 27.7 Å². The van der Waals surface area contributed by atoms with Crippen molar-refractivity contribution in [2.75, 3.05) is 12.4 Å². The molecule has 19 heavy (non-hydrogen) atoms. The number of halogens is 1. The van der Waals surface area contributed by atoms with Gasteiger partial charge in [0.1, 0.15) is 0 Å². The van der Waals surface area contributed by atoms with Gasteiger partial charge in [0, 0.05) is 15.1 Å². The summed E-state index contributed by atoms with van der Waals surface area (Å²) in [5.41, 5.74) is 6.57. The van der Waals surface area contributed by atoms with Gasteiger partial charge in [-0.05, 0) is 23.8 Å². The van der Waals surface area contributed by atoms with E-state index in [1.807, 2.05) is 54.6 Å². The van der Waals surface area contributed by atoms with E-state index in [1.165, 1.54) is 0 Å². The van der Waals surface area contributed by atoms with Gasteiger partial charge in [-0.25, -0.2) is 0 Å². The summed E-state index contributed by atoms with van der Waals surface area (Å²) < 4.78 is 1.05. The quantitative estimate of drug-likeness (QED) is 0.822. The van der Waals surface area contributed by atoms with E-state index in [1.54, 1.807) is 11.8 Å². The van der Waals surface area contributed by atoms with E-state index in [4.69, 9.17) is 5.73 Å². The van der Waals surface area contributed by atoms with Gasteiger partial charge in [-0.2, -0.15) is 0 Å². The predicted molar refractivity (Wildman–Crippen MR) is 84.3 cm³/mol. The Bertz CT molecular complexity index is 535. The van der Waals surface area contributed by atoms with Crippen LogP contribution in [0.2, 0.25) is 0 Å².